The SMILES string of the molecule is Cc1cccc(/C=C2/SC(=O)N(c3ccccc3)C2=O)n1. The van der Waals surface area contributed by atoms with Gasteiger partial charge in [0.25, 0.3) is 11.1 Å². The Bertz CT molecular complexity index is 741. The summed E-state index contributed by atoms with van der Waals surface area (Å²) in [6.07, 6.45) is 1.65. The molecule has 0 unspecified atom stereocenters. The van der Waals surface area contributed by atoms with Crippen LogP contribution >= 0.6 is 11.8 Å². The zero-order valence-electron chi connectivity index (χ0n) is 11.3. The van der Waals surface area contributed by atoms with E-state index >= 15 is 0 Å². The van der Waals surface area contributed by atoms with Gasteiger partial charge in [0.1, 0.15) is 0 Å². The number of thioether (sulfide) groups is 1. The van der Waals surface area contributed by atoms with Gasteiger partial charge in [-0.25, -0.2) is 4.90 Å². The minimum absolute atomic E-state index is 0.287. The van der Waals surface area contributed by atoms with Gasteiger partial charge >= 0.3 is 0 Å². The quantitative estimate of drug-likeness (QED) is 0.794. The van der Waals surface area contributed by atoms with Crippen LogP contribution in [0, 0.1) is 6.92 Å². The molecule has 1 saturated heterocycles. The summed E-state index contributed by atoms with van der Waals surface area (Å²) in [6, 6.07) is 14.5. The fourth-order valence-electron chi connectivity index (χ4n) is 2.05. The van der Waals surface area contributed by atoms with E-state index in [1.807, 2.05) is 31.2 Å². The van der Waals surface area contributed by atoms with Crippen molar-refractivity contribution >= 4 is 34.7 Å². The van der Waals surface area contributed by atoms with Crippen molar-refractivity contribution in [1.82, 2.24) is 4.98 Å². The summed E-state index contributed by atoms with van der Waals surface area (Å²) in [4.78, 5) is 30.4. The zero-order valence-corrected chi connectivity index (χ0v) is 12.1. The Kier molecular flexibility index (Phi) is 3.58. The lowest BCUT2D eigenvalue weighted by Gasteiger charge is -2.11. The van der Waals surface area contributed by atoms with Gasteiger partial charge in [0.2, 0.25) is 0 Å². The second-order valence-corrected chi connectivity index (χ2v) is 5.55. The Morgan fingerprint density at radius 3 is 2.52 bits per heavy atom. The van der Waals surface area contributed by atoms with E-state index in [4.69, 9.17) is 0 Å². The summed E-state index contributed by atoms with van der Waals surface area (Å²) in [7, 11) is 0. The molecule has 1 aromatic heterocycles. The maximum atomic E-state index is 12.4. The zero-order chi connectivity index (χ0) is 14.8. The first-order valence-electron chi connectivity index (χ1n) is 6.42. The Morgan fingerprint density at radius 1 is 1.05 bits per heavy atom. The fraction of sp³-hybridized carbons (Fsp3) is 0.0625. The third-order valence-corrected chi connectivity index (χ3v) is 3.87. The topological polar surface area (TPSA) is 50.3 Å². The summed E-state index contributed by atoms with van der Waals surface area (Å²) >= 11 is 0.936. The minimum atomic E-state index is -0.306. The number of hydrogen-bond acceptors (Lipinski definition) is 4. The molecule has 0 bridgehead atoms. The number of rotatable bonds is 2. The van der Waals surface area contributed by atoms with Crippen LogP contribution in [0.1, 0.15) is 11.4 Å². The Labute approximate surface area is 126 Å². The van der Waals surface area contributed by atoms with Gasteiger partial charge < -0.3 is 0 Å². The summed E-state index contributed by atoms with van der Waals surface area (Å²) in [6.45, 7) is 1.88. The third kappa shape index (κ3) is 2.73. The van der Waals surface area contributed by atoms with Crippen LogP contribution in [0.5, 0.6) is 0 Å². The summed E-state index contributed by atoms with van der Waals surface area (Å²) < 4.78 is 0. The maximum Gasteiger partial charge on any atom is 0.298 e. The van der Waals surface area contributed by atoms with Gasteiger partial charge in [-0.05, 0) is 49.0 Å². The number of imide groups is 1. The first-order chi connectivity index (χ1) is 10.1. The number of nitrogens with zero attached hydrogens (tertiary/aromatic N) is 2. The number of carbonyl (C=O) groups excluding carboxylic acids is 2. The van der Waals surface area contributed by atoms with Gasteiger partial charge in [-0.1, -0.05) is 24.3 Å². The lowest BCUT2D eigenvalue weighted by Crippen LogP contribution is -2.27. The van der Waals surface area contributed by atoms with Crippen molar-refractivity contribution in [1.29, 1.82) is 0 Å². The lowest BCUT2D eigenvalue weighted by atomic mass is 10.2. The molecule has 1 aliphatic heterocycles. The largest absolute Gasteiger partial charge is 0.298 e. The molecular weight excluding hydrogens is 284 g/mol. The molecule has 1 fully saturated rings. The smallest absolute Gasteiger partial charge is 0.268 e. The number of para-hydroxylation sites is 1. The molecule has 4 nitrogen and oxygen atoms in total. The summed E-state index contributed by atoms with van der Waals surface area (Å²) in [5.41, 5.74) is 2.13. The monoisotopic (exact) mass is 296 g/mol. The number of amides is 2. The average Bonchev–Trinajstić information content (AvgIpc) is 2.74. The van der Waals surface area contributed by atoms with Crippen LogP contribution < -0.4 is 4.90 Å². The molecular formula is C16H12N2O2S. The number of carbonyl (C=O) groups is 2. The Morgan fingerprint density at radius 2 is 1.81 bits per heavy atom. The van der Waals surface area contributed by atoms with Gasteiger partial charge in [-0.15, -0.1) is 0 Å². The van der Waals surface area contributed by atoms with Gasteiger partial charge in [-0.3, -0.25) is 14.6 Å². The van der Waals surface area contributed by atoms with Crippen LogP contribution in [0.3, 0.4) is 0 Å². The van der Waals surface area contributed by atoms with Crippen molar-refractivity contribution in [3.63, 3.8) is 0 Å². The van der Waals surface area contributed by atoms with E-state index in [1.165, 1.54) is 4.90 Å². The molecule has 2 heterocycles. The van der Waals surface area contributed by atoms with Crippen LogP contribution in [0.15, 0.2) is 53.4 Å². The predicted octanol–water partition coefficient (Wildman–Crippen LogP) is 3.63. The Hall–Kier alpha value is -2.40. The van der Waals surface area contributed by atoms with Crippen molar-refractivity contribution in [3.05, 3.63) is 64.8 Å². The molecule has 0 atom stereocenters. The standard InChI is InChI=1S/C16H12N2O2S/c1-11-6-5-7-12(17-11)10-14-15(19)18(16(20)21-14)13-8-3-2-4-9-13/h2-10H,1H3/b14-10+. The van der Waals surface area contributed by atoms with E-state index in [1.54, 1.807) is 30.3 Å². The number of benzene rings is 1. The number of hydrogen-bond donors (Lipinski definition) is 0. The van der Waals surface area contributed by atoms with Crippen LogP contribution in [-0.4, -0.2) is 16.1 Å². The van der Waals surface area contributed by atoms with E-state index in [0.717, 1.165) is 17.5 Å². The van der Waals surface area contributed by atoms with Crippen molar-refractivity contribution in [2.75, 3.05) is 4.90 Å². The maximum absolute atomic E-state index is 12.4. The highest BCUT2D eigenvalue weighted by molar-refractivity contribution is 8.19. The van der Waals surface area contributed by atoms with Crippen molar-refractivity contribution < 1.29 is 9.59 Å². The molecule has 21 heavy (non-hydrogen) atoms. The van der Waals surface area contributed by atoms with Crippen LogP contribution in [0.2, 0.25) is 0 Å². The van der Waals surface area contributed by atoms with E-state index < -0.39 is 0 Å². The summed E-state index contributed by atoms with van der Waals surface area (Å²) in [5, 5.41) is -0.287. The molecule has 0 N–H and O–H groups in total. The molecule has 0 aliphatic carbocycles. The lowest BCUT2D eigenvalue weighted by molar-refractivity contribution is -0.113. The molecule has 0 radical (unpaired) electrons. The molecule has 1 aliphatic rings. The second-order valence-electron chi connectivity index (χ2n) is 4.56. The molecule has 1 aromatic carbocycles. The van der Waals surface area contributed by atoms with Crippen LogP contribution in [0.25, 0.3) is 6.08 Å². The van der Waals surface area contributed by atoms with E-state index in [9.17, 15) is 9.59 Å². The van der Waals surface area contributed by atoms with E-state index in [-0.39, 0.29) is 11.1 Å². The number of anilines is 1. The van der Waals surface area contributed by atoms with Crippen molar-refractivity contribution in [3.8, 4) is 0 Å². The highest BCUT2D eigenvalue weighted by atomic mass is 32.2. The number of pyridine rings is 1. The van der Waals surface area contributed by atoms with Gasteiger partial charge in [-0.2, -0.15) is 0 Å². The normalized spacial score (nSPS) is 16.8. The molecule has 5 heteroatoms. The predicted molar refractivity (Wildman–Crippen MR) is 83.9 cm³/mol. The summed E-state index contributed by atoms with van der Waals surface area (Å²) in [5.74, 6) is -0.306. The minimum Gasteiger partial charge on any atom is -0.268 e. The average molecular weight is 296 g/mol. The molecule has 2 aromatic rings. The number of aromatic nitrogens is 1. The van der Waals surface area contributed by atoms with Gasteiger partial charge in [0, 0.05) is 5.69 Å². The molecule has 0 saturated carbocycles. The first kappa shape index (κ1) is 13.6. The number of aryl methyl sites for hydroxylation is 1. The van der Waals surface area contributed by atoms with E-state index in [2.05, 4.69) is 4.98 Å². The van der Waals surface area contributed by atoms with Crippen molar-refractivity contribution in [2.45, 2.75) is 6.92 Å². The van der Waals surface area contributed by atoms with Gasteiger partial charge in [0.05, 0.1) is 16.3 Å². The highest BCUT2D eigenvalue weighted by Gasteiger charge is 2.36. The third-order valence-electron chi connectivity index (χ3n) is 3.00. The van der Waals surface area contributed by atoms with Crippen molar-refractivity contribution in [2.24, 2.45) is 0 Å². The van der Waals surface area contributed by atoms with E-state index in [0.29, 0.717) is 16.3 Å². The molecule has 2 amide bonds. The fourth-order valence-corrected chi connectivity index (χ4v) is 2.87. The van der Waals surface area contributed by atoms with Crippen LogP contribution in [0.4, 0.5) is 10.5 Å². The second kappa shape index (κ2) is 5.54. The Balaban J connectivity index is 1.94. The van der Waals surface area contributed by atoms with Crippen LogP contribution in [-0.2, 0) is 4.79 Å². The molecule has 0 spiro atoms. The molecule has 104 valence electrons. The molecule has 3 rings (SSSR count). The van der Waals surface area contributed by atoms with Gasteiger partial charge in [0.15, 0.2) is 0 Å². The highest BCUT2D eigenvalue weighted by Crippen LogP contribution is 2.35. The first-order valence-corrected chi connectivity index (χ1v) is 7.23.